The van der Waals surface area contributed by atoms with Gasteiger partial charge in [-0.2, -0.15) is 10.2 Å². The van der Waals surface area contributed by atoms with Crippen LogP contribution in [0, 0.1) is 0 Å². The van der Waals surface area contributed by atoms with Crippen molar-refractivity contribution < 1.29 is 9.47 Å². The van der Waals surface area contributed by atoms with E-state index < -0.39 is 0 Å². The highest BCUT2D eigenvalue weighted by Crippen LogP contribution is 2.30. The number of halogens is 1. The van der Waals surface area contributed by atoms with Crippen molar-refractivity contribution in [2.75, 3.05) is 14.2 Å². The van der Waals surface area contributed by atoms with Gasteiger partial charge in [-0.1, -0.05) is 35.9 Å². The Morgan fingerprint density at radius 2 is 1.61 bits per heavy atom. The van der Waals surface area contributed by atoms with Gasteiger partial charge in [0, 0.05) is 17.3 Å². The summed E-state index contributed by atoms with van der Waals surface area (Å²) < 4.78 is 14.4. The SMILES string of the molecule is COc1cccc(-c2cc(-c3cccc(OC)c3)n(Cn3cc(Cl)cn3)n2)c1. The molecule has 0 aliphatic rings. The van der Waals surface area contributed by atoms with E-state index in [0.29, 0.717) is 11.7 Å². The van der Waals surface area contributed by atoms with E-state index in [1.807, 2.05) is 53.2 Å². The summed E-state index contributed by atoms with van der Waals surface area (Å²) in [5.74, 6) is 1.57. The first-order valence-electron chi connectivity index (χ1n) is 8.71. The molecule has 0 amide bonds. The molecular formula is C21H19ClN4O2. The molecule has 0 spiro atoms. The van der Waals surface area contributed by atoms with Crippen molar-refractivity contribution in [3.63, 3.8) is 0 Å². The van der Waals surface area contributed by atoms with Gasteiger partial charge in [-0.25, -0.2) is 9.36 Å². The topological polar surface area (TPSA) is 54.1 Å². The minimum atomic E-state index is 0.434. The first kappa shape index (κ1) is 18.1. The Hall–Kier alpha value is -3.25. The van der Waals surface area contributed by atoms with E-state index in [9.17, 15) is 0 Å². The molecule has 0 unspecified atom stereocenters. The number of benzene rings is 2. The minimum absolute atomic E-state index is 0.434. The van der Waals surface area contributed by atoms with Gasteiger partial charge in [-0.15, -0.1) is 0 Å². The van der Waals surface area contributed by atoms with Crippen LogP contribution in [0.4, 0.5) is 0 Å². The summed E-state index contributed by atoms with van der Waals surface area (Å²) in [6.45, 7) is 0.434. The zero-order chi connectivity index (χ0) is 19.5. The lowest BCUT2D eigenvalue weighted by Crippen LogP contribution is -2.11. The molecule has 7 heteroatoms. The largest absolute Gasteiger partial charge is 0.497 e. The second-order valence-electron chi connectivity index (χ2n) is 6.22. The maximum atomic E-state index is 6.01. The molecule has 0 fully saturated rings. The van der Waals surface area contributed by atoms with E-state index in [2.05, 4.69) is 11.2 Å². The first-order chi connectivity index (χ1) is 13.7. The van der Waals surface area contributed by atoms with Gasteiger partial charge < -0.3 is 9.47 Å². The van der Waals surface area contributed by atoms with Gasteiger partial charge in [-0.05, 0) is 30.3 Å². The quantitative estimate of drug-likeness (QED) is 0.480. The fourth-order valence-electron chi connectivity index (χ4n) is 3.02. The molecule has 0 radical (unpaired) electrons. The molecule has 0 aliphatic carbocycles. The lowest BCUT2D eigenvalue weighted by atomic mass is 10.1. The first-order valence-corrected chi connectivity index (χ1v) is 9.09. The van der Waals surface area contributed by atoms with Crippen molar-refractivity contribution >= 4 is 11.6 Å². The van der Waals surface area contributed by atoms with Gasteiger partial charge in [0.15, 0.2) is 0 Å². The number of hydrogen-bond acceptors (Lipinski definition) is 4. The average molecular weight is 395 g/mol. The summed E-state index contributed by atoms with van der Waals surface area (Å²) in [5, 5.41) is 9.66. The lowest BCUT2D eigenvalue weighted by molar-refractivity contribution is 0.415. The van der Waals surface area contributed by atoms with Gasteiger partial charge in [-0.3, -0.25) is 0 Å². The van der Waals surface area contributed by atoms with Crippen LogP contribution in [0.1, 0.15) is 0 Å². The molecule has 0 atom stereocenters. The predicted octanol–water partition coefficient (Wildman–Crippen LogP) is 4.59. The Morgan fingerprint density at radius 1 is 0.929 bits per heavy atom. The Kier molecular flexibility index (Phi) is 5.04. The maximum absolute atomic E-state index is 6.01. The van der Waals surface area contributed by atoms with Gasteiger partial charge in [0.25, 0.3) is 0 Å². The molecule has 0 N–H and O–H groups in total. The van der Waals surface area contributed by atoms with Crippen LogP contribution in [0.25, 0.3) is 22.5 Å². The number of hydrogen-bond donors (Lipinski definition) is 0. The summed E-state index contributed by atoms with van der Waals surface area (Å²) >= 11 is 6.01. The van der Waals surface area contributed by atoms with E-state index >= 15 is 0 Å². The molecule has 142 valence electrons. The van der Waals surface area contributed by atoms with Crippen LogP contribution in [0.3, 0.4) is 0 Å². The van der Waals surface area contributed by atoms with Crippen LogP contribution in [0.5, 0.6) is 11.5 Å². The molecule has 6 nitrogen and oxygen atoms in total. The van der Waals surface area contributed by atoms with Gasteiger partial charge >= 0.3 is 0 Å². The van der Waals surface area contributed by atoms with Crippen molar-refractivity contribution in [3.8, 4) is 34.0 Å². The summed E-state index contributed by atoms with van der Waals surface area (Å²) in [7, 11) is 3.31. The monoisotopic (exact) mass is 394 g/mol. The lowest BCUT2D eigenvalue weighted by Gasteiger charge is -2.09. The summed E-state index contributed by atoms with van der Waals surface area (Å²) in [6.07, 6.45) is 3.38. The fraction of sp³-hybridized carbons (Fsp3) is 0.143. The molecule has 2 aromatic carbocycles. The number of methoxy groups -OCH3 is 2. The molecule has 0 saturated heterocycles. The highest BCUT2D eigenvalue weighted by molar-refractivity contribution is 6.30. The molecule has 4 rings (SSSR count). The minimum Gasteiger partial charge on any atom is -0.497 e. The Bertz CT molecular complexity index is 1100. The van der Waals surface area contributed by atoms with Gasteiger partial charge in [0.05, 0.1) is 36.8 Å². The van der Waals surface area contributed by atoms with Crippen molar-refractivity contribution in [2.24, 2.45) is 0 Å². The van der Waals surface area contributed by atoms with E-state index in [1.165, 1.54) is 0 Å². The zero-order valence-corrected chi connectivity index (χ0v) is 16.3. The molecule has 0 aliphatic heterocycles. The van der Waals surface area contributed by atoms with E-state index in [4.69, 9.17) is 26.2 Å². The van der Waals surface area contributed by atoms with Crippen LogP contribution in [0.2, 0.25) is 5.02 Å². The number of rotatable bonds is 6. The van der Waals surface area contributed by atoms with Crippen LogP contribution >= 0.6 is 11.6 Å². The molecular weight excluding hydrogens is 376 g/mol. The van der Waals surface area contributed by atoms with Crippen molar-refractivity contribution in [1.29, 1.82) is 0 Å². The number of ether oxygens (including phenoxy) is 2. The van der Waals surface area contributed by atoms with Crippen LogP contribution in [-0.4, -0.2) is 33.8 Å². The highest BCUT2D eigenvalue weighted by Gasteiger charge is 2.13. The van der Waals surface area contributed by atoms with Crippen molar-refractivity contribution in [2.45, 2.75) is 6.67 Å². The van der Waals surface area contributed by atoms with E-state index in [0.717, 1.165) is 34.0 Å². The number of nitrogens with zero attached hydrogens (tertiary/aromatic N) is 4. The van der Waals surface area contributed by atoms with E-state index in [-0.39, 0.29) is 0 Å². The van der Waals surface area contributed by atoms with E-state index in [1.54, 1.807) is 31.3 Å². The Morgan fingerprint density at radius 3 is 2.25 bits per heavy atom. The molecule has 0 saturated carbocycles. The third-order valence-corrected chi connectivity index (χ3v) is 4.59. The predicted molar refractivity (Wildman–Crippen MR) is 109 cm³/mol. The maximum Gasteiger partial charge on any atom is 0.133 e. The molecule has 0 bridgehead atoms. The second-order valence-corrected chi connectivity index (χ2v) is 6.65. The van der Waals surface area contributed by atoms with Crippen molar-refractivity contribution in [1.82, 2.24) is 19.6 Å². The van der Waals surface area contributed by atoms with Crippen LogP contribution < -0.4 is 9.47 Å². The highest BCUT2D eigenvalue weighted by atomic mass is 35.5. The summed E-state index contributed by atoms with van der Waals surface area (Å²) in [4.78, 5) is 0. The zero-order valence-electron chi connectivity index (χ0n) is 15.5. The average Bonchev–Trinajstić information content (AvgIpc) is 3.34. The molecule has 28 heavy (non-hydrogen) atoms. The normalized spacial score (nSPS) is 10.8. The van der Waals surface area contributed by atoms with Gasteiger partial charge in [0.1, 0.15) is 18.2 Å². The Balaban J connectivity index is 1.80. The summed E-state index contributed by atoms with van der Waals surface area (Å²) in [5.41, 5.74) is 3.76. The summed E-state index contributed by atoms with van der Waals surface area (Å²) in [6, 6.07) is 17.8. The fourth-order valence-corrected chi connectivity index (χ4v) is 3.17. The molecule has 2 heterocycles. The van der Waals surface area contributed by atoms with Crippen LogP contribution in [0.15, 0.2) is 67.0 Å². The third-order valence-electron chi connectivity index (χ3n) is 4.39. The molecule has 2 aromatic heterocycles. The number of aromatic nitrogens is 4. The second kappa shape index (κ2) is 7.78. The van der Waals surface area contributed by atoms with Crippen LogP contribution in [-0.2, 0) is 6.67 Å². The van der Waals surface area contributed by atoms with Gasteiger partial charge in [0.2, 0.25) is 0 Å². The Labute approximate surface area is 167 Å². The standard InChI is InChI=1S/C21H19ClN4O2/c1-27-18-7-3-5-15(9-18)20-11-21(16-6-4-8-19(10-16)28-2)26(24-20)14-25-13-17(22)12-23-25/h3-13H,14H2,1-2H3. The van der Waals surface area contributed by atoms with Crippen molar-refractivity contribution in [3.05, 3.63) is 72.0 Å². The molecule has 4 aromatic rings. The third kappa shape index (κ3) is 3.73. The smallest absolute Gasteiger partial charge is 0.133 e.